The van der Waals surface area contributed by atoms with Gasteiger partial charge in [-0.1, -0.05) is 58.1 Å². The molecule has 0 aromatic heterocycles. The van der Waals surface area contributed by atoms with Crippen LogP contribution in [-0.2, 0) is 15.0 Å². The number of carbonyl (C=O) groups is 2. The van der Waals surface area contributed by atoms with Crippen LogP contribution in [0.1, 0.15) is 70.8 Å². The first-order valence-corrected chi connectivity index (χ1v) is 12.3. The summed E-state index contributed by atoms with van der Waals surface area (Å²) >= 11 is 0. The van der Waals surface area contributed by atoms with E-state index in [1.54, 1.807) is 6.07 Å². The fourth-order valence-corrected chi connectivity index (χ4v) is 5.61. The smallest absolute Gasteiger partial charge is 0.305 e. The van der Waals surface area contributed by atoms with Crippen LogP contribution in [0.25, 0.3) is 0 Å². The SMILES string of the molecule is CC1CN(CC(CC2CCCCC2)C(=O)NCCC(=O)O)CCC1(C)c1cccc(O)c1.Cl. The van der Waals surface area contributed by atoms with Crippen molar-refractivity contribution in [2.75, 3.05) is 26.2 Å². The number of carboxylic acids is 1. The molecular weight excluding hydrogens is 440 g/mol. The van der Waals surface area contributed by atoms with Crippen LogP contribution in [0, 0.1) is 17.8 Å². The Bertz CT molecular complexity index is 783. The van der Waals surface area contributed by atoms with E-state index in [1.165, 1.54) is 37.7 Å². The van der Waals surface area contributed by atoms with Gasteiger partial charge in [-0.25, -0.2) is 0 Å². The van der Waals surface area contributed by atoms with Crippen molar-refractivity contribution in [1.82, 2.24) is 10.2 Å². The highest BCUT2D eigenvalue weighted by atomic mass is 35.5. The highest BCUT2D eigenvalue weighted by Gasteiger charge is 2.39. The summed E-state index contributed by atoms with van der Waals surface area (Å²) in [4.78, 5) is 26.2. The zero-order valence-electron chi connectivity index (χ0n) is 20.1. The van der Waals surface area contributed by atoms with Gasteiger partial charge in [0.2, 0.25) is 5.91 Å². The van der Waals surface area contributed by atoms with E-state index in [-0.39, 0.29) is 42.6 Å². The standard InChI is InChI=1S/C26H40N2O4.ClH/c1-19-17-28(14-12-26(19,2)22-9-6-10-23(29)16-22)18-21(15-20-7-4-3-5-8-20)25(32)27-13-11-24(30)31;/h6,9-10,16,19-21,29H,3-5,7-8,11-15,17-18H2,1-2H3,(H,27,32)(H,30,31);1H. The number of aromatic hydroxyl groups is 1. The number of aliphatic carboxylic acids is 1. The average molecular weight is 481 g/mol. The van der Waals surface area contributed by atoms with Gasteiger partial charge in [0.05, 0.1) is 12.3 Å². The predicted octanol–water partition coefficient (Wildman–Crippen LogP) is 4.59. The van der Waals surface area contributed by atoms with Gasteiger partial charge in [-0.05, 0) is 54.3 Å². The monoisotopic (exact) mass is 480 g/mol. The Morgan fingerprint density at radius 1 is 1.24 bits per heavy atom. The van der Waals surface area contributed by atoms with E-state index in [2.05, 4.69) is 30.1 Å². The first kappa shape index (κ1) is 27.5. The zero-order valence-corrected chi connectivity index (χ0v) is 20.9. The summed E-state index contributed by atoms with van der Waals surface area (Å²) in [6, 6.07) is 7.61. The molecule has 33 heavy (non-hydrogen) atoms. The van der Waals surface area contributed by atoms with Crippen LogP contribution in [0.3, 0.4) is 0 Å². The molecule has 7 heteroatoms. The number of hydrogen-bond donors (Lipinski definition) is 3. The molecule has 1 saturated carbocycles. The molecule has 186 valence electrons. The molecule has 2 aliphatic rings. The maximum Gasteiger partial charge on any atom is 0.305 e. The van der Waals surface area contributed by atoms with Crippen molar-refractivity contribution >= 4 is 24.3 Å². The van der Waals surface area contributed by atoms with Crippen LogP contribution in [0.5, 0.6) is 5.75 Å². The third-order valence-corrected chi connectivity index (χ3v) is 7.90. The van der Waals surface area contributed by atoms with E-state index < -0.39 is 5.97 Å². The number of benzene rings is 1. The third-order valence-electron chi connectivity index (χ3n) is 7.90. The fourth-order valence-electron chi connectivity index (χ4n) is 5.61. The van der Waals surface area contributed by atoms with Crippen molar-refractivity contribution in [3.8, 4) is 5.75 Å². The van der Waals surface area contributed by atoms with Gasteiger partial charge in [-0.2, -0.15) is 0 Å². The van der Waals surface area contributed by atoms with E-state index >= 15 is 0 Å². The normalized spacial score (nSPS) is 25.1. The lowest BCUT2D eigenvalue weighted by molar-refractivity contribution is -0.137. The minimum atomic E-state index is -0.884. The van der Waals surface area contributed by atoms with Crippen molar-refractivity contribution in [2.24, 2.45) is 17.8 Å². The largest absolute Gasteiger partial charge is 0.508 e. The third kappa shape index (κ3) is 7.61. The molecule has 3 unspecified atom stereocenters. The minimum Gasteiger partial charge on any atom is -0.508 e. The summed E-state index contributed by atoms with van der Waals surface area (Å²) in [7, 11) is 0. The molecule has 2 fully saturated rings. The first-order chi connectivity index (χ1) is 15.3. The molecule has 3 N–H and O–H groups in total. The quantitative estimate of drug-likeness (QED) is 0.481. The molecule has 3 rings (SSSR count). The molecule has 1 aliphatic carbocycles. The maximum absolute atomic E-state index is 13.0. The van der Waals surface area contributed by atoms with Gasteiger partial charge in [0.1, 0.15) is 5.75 Å². The summed E-state index contributed by atoms with van der Waals surface area (Å²) in [5, 5.41) is 21.7. The summed E-state index contributed by atoms with van der Waals surface area (Å²) in [5.41, 5.74) is 1.17. The van der Waals surface area contributed by atoms with E-state index in [0.29, 0.717) is 17.6 Å². The summed E-state index contributed by atoms with van der Waals surface area (Å²) < 4.78 is 0. The maximum atomic E-state index is 13.0. The van der Waals surface area contributed by atoms with Crippen LogP contribution in [0.2, 0.25) is 0 Å². The number of phenols is 1. The van der Waals surface area contributed by atoms with Crippen molar-refractivity contribution in [3.05, 3.63) is 29.8 Å². The molecular formula is C26H41ClN2O4. The Kier molecular flexibility index (Phi) is 10.5. The number of phenolic OH excluding ortho intramolecular Hbond substituents is 1. The van der Waals surface area contributed by atoms with Gasteiger partial charge in [0, 0.05) is 19.6 Å². The van der Waals surface area contributed by atoms with Crippen molar-refractivity contribution < 1.29 is 19.8 Å². The predicted molar refractivity (Wildman–Crippen MR) is 133 cm³/mol. The van der Waals surface area contributed by atoms with Gasteiger partial charge < -0.3 is 20.4 Å². The summed E-state index contributed by atoms with van der Waals surface area (Å²) in [6.45, 7) is 7.30. The van der Waals surface area contributed by atoms with Crippen molar-refractivity contribution in [2.45, 2.75) is 70.6 Å². The Morgan fingerprint density at radius 3 is 2.61 bits per heavy atom. The number of likely N-dealkylation sites (tertiary alicyclic amines) is 1. The number of carbonyl (C=O) groups excluding carboxylic acids is 1. The summed E-state index contributed by atoms with van der Waals surface area (Å²) in [6.07, 6.45) is 8.04. The number of piperidine rings is 1. The van der Waals surface area contributed by atoms with Gasteiger partial charge in [0.15, 0.2) is 0 Å². The fraction of sp³-hybridized carbons (Fsp3) is 0.692. The van der Waals surface area contributed by atoms with Crippen LogP contribution in [0.15, 0.2) is 24.3 Å². The number of rotatable bonds is 9. The molecule has 6 nitrogen and oxygen atoms in total. The van der Waals surface area contributed by atoms with E-state index in [4.69, 9.17) is 5.11 Å². The number of halogens is 1. The number of carboxylic acid groups (broad SMARTS) is 1. The van der Waals surface area contributed by atoms with Crippen LogP contribution in [-0.4, -0.2) is 53.2 Å². The lowest BCUT2D eigenvalue weighted by Gasteiger charge is -2.46. The second kappa shape index (κ2) is 12.6. The highest BCUT2D eigenvalue weighted by molar-refractivity contribution is 5.85. The Balaban J connectivity index is 0.00000385. The molecule has 1 amide bonds. The van der Waals surface area contributed by atoms with Crippen molar-refractivity contribution in [1.29, 1.82) is 0 Å². The molecule has 1 aromatic carbocycles. The van der Waals surface area contributed by atoms with Gasteiger partial charge in [0.25, 0.3) is 0 Å². The molecule has 1 aromatic rings. The van der Waals surface area contributed by atoms with E-state index in [0.717, 1.165) is 32.5 Å². The number of nitrogens with zero attached hydrogens (tertiary/aromatic N) is 1. The second-order valence-corrected chi connectivity index (χ2v) is 10.2. The topological polar surface area (TPSA) is 89.9 Å². The first-order valence-electron chi connectivity index (χ1n) is 12.3. The molecule has 1 aliphatic heterocycles. The lowest BCUT2D eigenvalue weighted by Crippen LogP contribution is -2.50. The van der Waals surface area contributed by atoms with Gasteiger partial charge in [-0.3, -0.25) is 9.59 Å². The van der Waals surface area contributed by atoms with Crippen LogP contribution >= 0.6 is 12.4 Å². The molecule has 0 spiro atoms. The Morgan fingerprint density at radius 2 is 1.97 bits per heavy atom. The molecule has 0 radical (unpaired) electrons. The van der Waals surface area contributed by atoms with Crippen LogP contribution < -0.4 is 5.32 Å². The molecule has 1 saturated heterocycles. The van der Waals surface area contributed by atoms with Gasteiger partial charge in [-0.15, -0.1) is 12.4 Å². The molecule has 3 atom stereocenters. The van der Waals surface area contributed by atoms with Crippen LogP contribution in [0.4, 0.5) is 0 Å². The lowest BCUT2D eigenvalue weighted by atomic mass is 9.68. The van der Waals surface area contributed by atoms with Crippen molar-refractivity contribution in [3.63, 3.8) is 0 Å². The molecule has 1 heterocycles. The zero-order chi connectivity index (χ0) is 23.1. The Hall–Kier alpha value is -1.79. The van der Waals surface area contributed by atoms with E-state index in [1.807, 2.05) is 12.1 Å². The highest BCUT2D eigenvalue weighted by Crippen LogP contribution is 2.40. The second-order valence-electron chi connectivity index (χ2n) is 10.2. The Labute approximate surface area is 204 Å². The average Bonchev–Trinajstić information content (AvgIpc) is 2.76. The summed E-state index contributed by atoms with van der Waals surface area (Å²) in [5.74, 6) is 0.325. The number of hydrogen-bond acceptors (Lipinski definition) is 4. The molecule has 0 bridgehead atoms. The minimum absolute atomic E-state index is 0. The van der Waals surface area contributed by atoms with E-state index in [9.17, 15) is 14.7 Å². The van der Waals surface area contributed by atoms with Gasteiger partial charge >= 0.3 is 5.97 Å². The number of nitrogens with one attached hydrogen (secondary N) is 1. The number of amides is 1.